The summed E-state index contributed by atoms with van der Waals surface area (Å²) in [4.78, 5) is 12.5. The van der Waals surface area contributed by atoms with Crippen molar-refractivity contribution in [2.75, 3.05) is 12.4 Å². The van der Waals surface area contributed by atoms with Crippen molar-refractivity contribution in [1.29, 1.82) is 0 Å². The lowest BCUT2D eigenvalue weighted by Crippen LogP contribution is -2.35. The Kier molecular flexibility index (Phi) is 4.57. The molecule has 0 spiro atoms. The Balaban J connectivity index is 1.63. The number of aryl methyl sites for hydroxylation is 2. The number of ether oxygens (including phenoxy) is 1. The second-order valence-electron chi connectivity index (χ2n) is 5.72. The maximum Gasteiger partial charge on any atom is 0.255 e. The van der Waals surface area contributed by atoms with Crippen molar-refractivity contribution in [3.05, 3.63) is 46.8 Å². The van der Waals surface area contributed by atoms with Crippen LogP contribution in [-0.4, -0.2) is 34.2 Å². The van der Waals surface area contributed by atoms with Crippen molar-refractivity contribution in [1.82, 2.24) is 15.1 Å². The van der Waals surface area contributed by atoms with Crippen LogP contribution in [0.2, 0.25) is 0 Å². The topological polar surface area (TPSA) is 56.2 Å². The highest BCUT2D eigenvalue weighted by molar-refractivity contribution is 6.17. The molecule has 122 valence electrons. The number of carbonyl (C=O) groups excluding carboxylic acids is 1. The number of hydrogen-bond donors (Lipinski definition) is 1. The molecular formula is C17H20ClN3O2. The standard InChI is InChI=1S/C17H20ClN3O2/c1-11-16(12(2)21(20-11)8-7-18)17(22)19-10-14-9-13-5-3-4-6-15(13)23-14/h3-6,14H,7-10H2,1-2H3,(H,19,22)/t14-/m1/s1. The summed E-state index contributed by atoms with van der Waals surface area (Å²) in [6.07, 6.45) is 0.801. The normalized spacial score (nSPS) is 16.0. The monoisotopic (exact) mass is 333 g/mol. The predicted octanol–water partition coefficient (Wildman–Crippen LogP) is 2.47. The van der Waals surface area contributed by atoms with Gasteiger partial charge >= 0.3 is 0 Å². The van der Waals surface area contributed by atoms with Gasteiger partial charge in [0.05, 0.1) is 24.3 Å². The zero-order valence-electron chi connectivity index (χ0n) is 13.3. The molecule has 23 heavy (non-hydrogen) atoms. The Labute approximate surface area is 140 Å². The summed E-state index contributed by atoms with van der Waals surface area (Å²) < 4.78 is 7.62. The van der Waals surface area contributed by atoms with Crippen LogP contribution in [-0.2, 0) is 13.0 Å². The van der Waals surface area contributed by atoms with Crippen LogP contribution in [0.4, 0.5) is 0 Å². The summed E-state index contributed by atoms with van der Waals surface area (Å²) in [7, 11) is 0. The summed E-state index contributed by atoms with van der Waals surface area (Å²) in [5.41, 5.74) is 3.39. The highest BCUT2D eigenvalue weighted by Crippen LogP contribution is 2.27. The molecule has 2 heterocycles. The number of benzene rings is 1. The molecule has 0 aliphatic carbocycles. The van der Waals surface area contributed by atoms with E-state index >= 15 is 0 Å². The number of fused-ring (bicyclic) bond motifs is 1. The van der Waals surface area contributed by atoms with Crippen molar-refractivity contribution in [3.8, 4) is 5.75 Å². The van der Waals surface area contributed by atoms with Gasteiger partial charge in [-0.05, 0) is 25.5 Å². The first-order valence-electron chi connectivity index (χ1n) is 7.73. The van der Waals surface area contributed by atoms with Crippen molar-refractivity contribution in [2.45, 2.75) is 32.9 Å². The van der Waals surface area contributed by atoms with Gasteiger partial charge in [-0.2, -0.15) is 5.10 Å². The van der Waals surface area contributed by atoms with E-state index in [-0.39, 0.29) is 12.0 Å². The number of para-hydroxylation sites is 1. The van der Waals surface area contributed by atoms with Gasteiger partial charge in [-0.15, -0.1) is 11.6 Å². The summed E-state index contributed by atoms with van der Waals surface area (Å²) in [6.45, 7) is 4.81. The van der Waals surface area contributed by atoms with E-state index in [1.54, 1.807) is 4.68 Å². The van der Waals surface area contributed by atoms with Crippen LogP contribution in [0, 0.1) is 13.8 Å². The first-order valence-corrected chi connectivity index (χ1v) is 8.26. The lowest BCUT2D eigenvalue weighted by molar-refractivity contribution is 0.0932. The second-order valence-corrected chi connectivity index (χ2v) is 6.10. The van der Waals surface area contributed by atoms with Gasteiger partial charge in [0.25, 0.3) is 5.91 Å². The van der Waals surface area contributed by atoms with Gasteiger partial charge in [0.2, 0.25) is 0 Å². The number of nitrogens with one attached hydrogen (secondary N) is 1. The van der Waals surface area contributed by atoms with Crippen molar-refractivity contribution < 1.29 is 9.53 Å². The van der Waals surface area contributed by atoms with Crippen LogP contribution in [0.15, 0.2) is 24.3 Å². The quantitative estimate of drug-likeness (QED) is 0.855. The van der Waals surface area contributed by atoms with Gasteiger partial charge in [0.15, 0.2) is 0 Å². The van der Waals surface area contributed by atoms with Gasteiger partial charge in [-0.3, -0.25) is 9.48 Å². The molecule has 1 atom stereocenters. The minimum Gasteiger partial charge on any atom is -0.488 e. The van der Waals surface area contributed by atoms with Crippen LogP contribution in [0.1, 0.15) is 27.3 Å². The molecule has 0 bridgehead atoms. The van der Waals surface area contributed by atoms with Gasteiger partial charge in [-0.1, -0.05) is 18.2 Å². The fraction of sp³-hybridized carbons (Fsp3) is 0.412. The molecule has 0 fully saturated rings. The largest absolute Gasteiger partial charge is 0.488 e. The number of carbonyl (C=O) groups is 1. The summed E-state index contributed by atoms with van der Waals surface area (Å²) in [5.74, 6) is 1.27. The Hall–Kier alpha value is -2.01. The molecule has 1 amide bonds. The molecule has 2 aromatic rings. The zero-order chi connectivity index (χ0) is 16.4. The summed E-state index contributed by atoms with van der Waals surface area (Å²) >= 11 is 5.76. The van der Waals surface area contributed by atoms with Crippen molar-refractivity contribution in [2.24, 2.45) is 0 Å². The van der Waals surface area contributed by atoms with Crippen LogP contribution in [0.5, 0.6) is 5.75 Å². The molecule has 6 heteroatoms. The number of aromatic nitrogens is 2. The molecule has 1 N–H and O–H groups in total. The molecule has 1 aliphatic heterocycles. The van der Waals surface area contributed by atoms with E-state index < -0.39 is 0 Å². The van der Waals surface area contributed by atoms with E-state index in [1.165, 1.54) is 5.56 Å². The van der Waals surface area contributed by atoms with Gasteiger partial charge in [-0.25, -0.2) is 0 Å². The minimum absolute atomic E-state index is 0.0187. The Morgan fingerprint density at radius 2 is 2.22 bits per heavy atom. The molecule has 1 aromatic heterocycles. The third-order valence-electron chi connectivity index (χ3n) is 4.11. The molecule has 5 nitrogen and oxygen atoms in total. The molecule has 1 aliphatic rings. The lowest BCUT2D eigenvalue weighted by Gasteiger charge is -2.12. The molecule has 0 unspecified atom stereocenters. The second kappa shape index (κ2) is 6.62. The van der Waals surface area contributed by atoms with E-state index in [0.717, 1.165) is 23.6 Å². The number of rotatable bonds is 5. The highest BCUT2D eigenvalue weighted by atomic mass is 35.5. The van der Waals surface area contributed by atoms with Gasteiger partial charge in [0.1, 0.15) is 11.9 Å². The predicted molar refractivity (Wildman–Crippen MR) is 89.3 cm³/mol. The van der Waals surface area contributed by atoms with Crippen molar-refractivity contribution >= 4 is 17.5 Å². The Morgan fingerprint density at radius 3 is 2.96 bits per heavy atom. The maximum atomic E-state index is 12.5. The number of alkyl halides is 1. The molecule has 0 saturated carbocycles. The number of hydrogen-bond acceptors (Lipinski definition) is 3. The first kappa shape index (κ1) is 15.9. The third kappa shape index (κ3) is 3.20. The zero-order valence-corrected chi connectivity index (χ0v) is 14.1. The maximum absolute atomic E-state index is 12.5. The van der Waals surface area contributed by atoms with E-state index in [9.17, 15) is 4.79 Å². The molecule has 3 rings (SSSR count). The first-order chi connectivity index (χ1) is 11.1. The van der Waals surface area contributed by atoms with E-state index in [4.69, 9.17) is 16.3 Å². The Bertz CT molecular complexity index is 702. The number of halogens is 1. The molecule has 0 saturated heterocycles. The van der Waals surface area contributed by atoms with Crippen LogP contribution in [0.3, 0.4) is 0 Å². The van der Waals surface area contributed by atoms with Crippen LogP contribution >= 0.6 is 11.6 Å². The van der Waals surface area contributed by atoms with E-state index in [0.29, 0.717) is 24.5 Å². The van der Waals surface area contributed by atoms with Crippen molar-refractivity contribution in [3.63, 3.8) is 0 Å². The summed E-state index contributed by atoms with van der Waals surface area (Å²) in [6, 6.07) is 7.97. The number of amides is 1. The third-order valence-corrected chi connectivity index (χ3v) is 4.28. The smallest absolute Gasteiger partial charge is 0.255 e. The average Bonchev–Trinajstić information content (AvgIpc) is 3.06. The average molecular weight is 334 g/mol. The molecule has 1 aromatic carbocycles. The minimum atomic E-state index is -0.111. The van der Waals surface area contributed by atoms with Gasteiger partial charge < -0.3 is 10.1 Å². The highest BCUT2D eigenvalue weighted by Gasteiger charge is 2.24. The molecular weight excluding hydrogens is 314 g/mol. The van der Waals surface area contributed by atoms with E-state index in [1.807, 2.05) is 32.0 Å². The fourth-order valence-corrected chi connectivity index (χ4v) is 3.15. The Morgan fingerprint density at radius 1 is 1.43 bits per heavy atom. The lowest BCUT2D eigenvalue weighted by atomic mass is 10.1. The fourth-order valence-electron chi connectivity index (χ4n) is 2.99. The number of nitrogens with zero attached hydrogens (tertiary/aromatic N) is 2. The summed E-state index contributed by atoms with van der Waals surface area (Å²) in [5, 5.41) is 7.34. The van der Waals surface area contributed by atoms with E-state index in [2.05, 4.69) is 16.5 Å². The SMILES string of the molecule is Cc1nn(CCCl)c(C)c1C(=O)NC[C@H]1Cc2ccccc2O1. The molecule has 0 radical (unpaired) electrons. The van der Waals surface area contributed by atoms with Crippen LogP contribution in [0.25, 0.3) is 0 Å². The van der Waals surface area contributed by atoms with Crippen LogP contribution < -0.4 is 10.1 Å². The van der Waals surface area contributed by atoms with Gasteiger partial charge in [0, 0.05) is 18.0 Å².